The quantitative estimate of drug-likeness (QED) is 0.454. The van der Waals surface area contributed by atoms with Gasteiger partial charge in [0.05, 0.1) is 12.2 Å². The molecule has 1 aromatic heterocycles. The van der Waals surface area contributed by atoms with Crippen molar-refractivity contribution in [1.82, 2.24) is 15.0 Å². The average Bonchev–Trinajstić information content (AvgIpc) is 3.43. The molecule has 0 amide bonds. The van der Waals surface area contributed by atoms with E-state index in [4.69, 9.17) is 5.21 Å². The molecule has 0 N–H and O–H groups in total. The van der Waals surface area contributed by atoms with E-state index in [0.717, 1.165) is 35.8 Å². The second-order valence-corrected chi connectivity index (χ2v) is 12.2. The van der Waals surface area contributed by atoms with E-state index in [1.807, 2.05) is 0 Å². The first-order valence-electron chi connectivity index (χ1n) is 13.7. The number of allylic oxidation sites excluding steroid dienone is 2. The van der Waals surface area contributed by atoms with Crippen LogP contribution in [0.3, 0.4) is 0 Å². The number of hydrogen-bond donors (Lipinski definition) is 0. The smallest absolute Gasteiger partial charge is 0.113 e. The number of benzene rings is 1. The van der Waals surface area contributed by atoms with Gasteiger partial charge in [0.1, 0.15) is 5.69 Å². The third kappa shape index (κ3) is 3.36. The van der Waals surface area contributed by atoms with Crippen LogP contribution in [0.25, 0.3) is 11.3 Å². The van der Waals surface area contributed by atoms with Gasteiger partial charge in [0, 0.05) is 5.56 Å². The Hall–Kier alpha value is -1.90. The summed E-state index contributed by atoms with van der Waals surface area (Å²) in [6.07, 6.45) is 20.5. The van der Waals surface area contributed by atoms with Crippen LogP contribution in [0.4, 0.5) is 0 Å². The summed E-state index contributed by atoms with van der Waals surface area (Å²) in [5.74, 6) is 3.61. The van der Waals surface area contributed by atoms with Crippen LogP contribution >= 0.6 is 0 Å². The zero-order valence-electron chi connectivity index (χ0n) is 20.8. The summed E-state index contributed by atoms with van der Waals surface area (Å²) in [7, 11) is 0. The molecule has 0 spiro atoms. The van der Waals surface area contributed by atoms with Gasteiger partial charge in [0.15, 0.2) is 0 Å². The fourth-order valence-corrected chi connectivity index (χ4v) is 8.94. The summed E-state index contributed by atoms with van der Waals surface area (Å²) in [4.78, 5) is 0. The van der Waals surface area contributed by atoms with E-state index < -0.39 is 0 Å². The number of hydrogen-bond acceptors (Lipinski definition) is 2. The predicted octanol–water partition coefficient (Wildman–Crippen LogP) is 7.65. The number of nitrogens with zero attached hydrogens (tertiary/aromatic N) is 3. The molecule has 1 heterocycles. The van der Waals surface area contributed by atoms with E-state index in [1.54, 1.807) is 0 Å². The summed E-state index contributed by atoms with van der Waals surface area (Å²) < 4.78 is 2.26. The zero-order chi connectivity index (χ0) is 22.6. The molecule has 0 radical (unpaired) electrons. The molecule has 2 aromatic rings. The van der Waals surface area contributed by atoms with Gasteiger partial charge in [-0.1, -0.05) is 68.8 Å². The SMILES string of the molecule is CCCc1ccc(-c2cn([C@@H]3CC[C@H]4[C@@H]5CC[C@H]6CC=CC[C@]6(C)[C@H]5CC[C@@]43C)nn2)cc1. The fraction of sp³-hybridized carbons (Fsp3) is 0.667. The maximum Gasteiger partial charge on any atom is 0.113 e. The first-order valence-corrected chi connectivity index (χ1v) is 13.7. The maximum absolute atomic E-state index is 4.71. The number of rotatable bonds is 4. The number of aryl methyl sites for hydroxylation is 1. The molecule has 33 heavy (non-hydrogen) atoms. The molecule has 0 bridgehead atoms. The van der Waals surface area contributed by atoms with Crippen LogP contribution in [0.5, 0.6) is 0 Å². The highest BCUT2D eigenvalue weighted by Crippen LogP contribution is 2.67. The maximum atomic E-state index is 4.71. The number of aromatic nitrogens is 3. The fourth-order valence-electron chi connectivity index (χ4n) is 8.94. The molecule has 7 atom stereocenters. The summed E-state index contributed by atoms with van der Waals surface area (Å²) in [5, 5.41) is 9.34. The van der Waals surface area contributed by atoms with Crippen LogP contribution in [0.1, 0.15) is 90.2 Å². The van der Waals surface area contributed by atoms with Gasteiger partial charge in [-0.15, -0.1) is 5.10 Å². The Bertz CT molecular complexity index is 1020. The van der Waals surface area contributed by atoms with Gasteiger partial charge in [0.2, 0.25) is 0 Å². The van der Waals surface area contributed by atoms with Crippen LogP contribution < -0.4 is 0 Å². The summed E-state index contributed by atoms with van der Waals surface area (Å²) in [5.41, 5.74) is 4.54. The van der Waals surface area contributed by atoms with Gasteiger partial charge < -0.3 is 0 Å². The third-order valence-electron chi connectivity index (χ3n) is 10.8. The normalized spacial score (nSPS) is 39.7. The van der Waals surface area contributed by atoms with E-state index in [0.29, 0.717) is 16.9 Å². The molecular formula is C30H41N3. The molecule has 3 heteroatoms. The first kappa shape index (κ1) is 21.6. The minimum absolute atomic E-state index is 0.366. The molecule has 0 aliphatic heterocycles. The molecule has 3 saturated carbocycles. The first-order chi connectivity index (χ1) is 16.0. The van der Waals surface area contributed by atoms with Crippen molar-refractivity contribution in [1.29, 1.82) is 0 Å². The third-order valence-corrected chi connectivity index (χ3v) is 10.8. The average molecular weight is 444 g/mol. The topological polar surface area (TPSA) is 30.7 Å². The van der Waals surface area contributed by atoms with E-state index in [9.17, 15) is 0 Å². The molecule has 6 rings (SSSR count). The molecule has 3 nitrogen and oxygen atoms in total. The van der Waals surface area contributed by atoms with Crippen molar-refractivity contribution in [2.24, 2.45) is 34.5 Å². The Morgan fingerprint density at radius 1 is 0.939 bits per heavy atom. The Morgan fingerprint density at radius 3 is 2.58 bits per heavy atom. The van der Waals surface area contributed by atoms with Crippen LogP contribution in [-0.4, -0.2) is 15.0 Å². The number of fused-ring (bicyclic) bond motifs is 5. The van der Waals surface area contributed by atoms with Crippen molar-refractivity contribution in [3.63, 3.8) is 0 Å². The van der Waals surface area contributed by atoms with Crippen LogP contribution in [0, 0.1) is 34.5 Å². The lowest BCUT2D eigenvalue weighted by atomic mass is 9.46. The van der Waals surface area contributed by atoms with Gasteiger partial charge in [-0.2, -0.15) is 0 Å². The second kappa shape index (κ2) is 8.10. The van der Waals surface area contributed by atoms with Crippen molar-refractivity contribution >= 4 is 0 Å². The molecule has 4 aliphatic rings. The van der Waals surface area contributed by atoms with E-state index in [2.05, 4.69) is 73.2 Å². The zero-order valence-corrected chi connectivity index (χ0v) is 20.8. The standard InChI is InChI=1S/C30H41N3/c1-4-7-21-9-11-22(12-10-21)27-20-33(32-31-27)28-16-15-25-24-14-13-23-8-5-6-18-29(23,2)26(24)17-19-30(25,28)3/h5-6,9-12,20,23-26,28H,4,7-8,13-19H2,1-3H3/t23-,24+,25+,26+,28-,29+,30+/m1/s1. The van der Waals surface area contributed by atoms with Crippen LogP contribution in [0.2, 0.25) is 0 Å². The van der Waals surface area contributed by atoms with Crippen molar-refractivity contribution < 1.29 is 0 Å². The molecule has 0 unspecified atom stereocenters. The molecule has 4 aliphatic carbocycles. The van der Waals surface area contributed by atoms with Crippen molar-refractivity contribution in [3.8, 4) is 11.3 Å². The highest BCUT2D eigenvalue weighted by molar-refractivity contribution is 5.58. The van der Waals surface area contributed by atoms with Crippen molar-refractivity contribution in [2.45, 2.75) is 91.0 Å². The monoisotopic (exact) mass is 443 g/mol. The minimum atomic E-state index is 0.366. The molecule has 0 saturated heterocycles. The predicted molar refractivity (Wildman–Crippen MR) is 135 cm³/mol. The van der Waals surface area contributed by atoms with Crippen LogP contribution in [0.15, 0.2) is 42.6 Å². The largest absolute Gasteiger partial charge is 0.248 e. The van der Waals surface area contributed by atoms with Gasteiger partial charge in [-0.3, -0.25) is 0 Å². The van der Waals surface area contributed by atoms with Gasteiger partial charge in [-0.25, -0.2) is 4.68 Å². The lowest BCUT2D eigenvalue weighted by Crippen LogP contribution is -2.52. The van der Waals surface area contributed by atoms with E-state index in [1.165, 1.54) is 68.9 Å². The lowest BCUT2D eigenvalue weighted by molar-refractivity contribution is -0.0954. The molecule has 176 valence electrons. The second-order valence-electron chi connectivity index (χ2n) is 12.2. The molecule has 3 fully saturated rings. The highest BCUT2D eigenvalue weighted by Gasteiger charge is 2.60. The Labute approximate surface area is 200 Å². The lowest BCUT2D eigenvalue weighted by Gasteiger charge is -2.59. The Balaban J connectivity index is 1.23. The Morgan fingerprint density at radius 2 is 1.76 bits per heavy atom. The summed E-state index contributed by atoms with van der Waals surface area (Å²) in [6.45, 7) is 7.48. The van der Waals surface area contributed by atoms with Gasteiger partial charge in [-0.05, 0) is 97.9 Å². The summed E-state index contributed by atoms with van der Waals surface area (Å²) in [6, 6.07) is 9.45. The van der Waals surface area contributed by atoms with Crippen molar-refractivity contribution in [3.05, 3.63) is 48.2 Å². The van der Waals surface area contributed by atoms with E-state index >= 15 is 0 Å². The minimum Gasteiger partial charge on any atom is -0.248 e. The van der Waals surface area contributed by atoms with Gasteiger partial charge >= 0.3 is 0 Å². The van der Waals surface area contributed by atoms with Crippen LogP contribution in [-0.2, 0) is 6.42 Å². The molecule has 1 aromatic carbocycles. The van der Waals surface area contributed by atoms with E-state index in [-0.39, 0.29) is 0 Å². The van der Waals surface area contributed by atoms with Gasteiger partial charge in [0.25, 0.3) is 0 Å². The Kier molecular flexibility index (Phi) is 5.31. The van der Waals surface area contributed by atoms with Crippen molar-refractivity contribution in [2.75, 3.05) is 0 Å². The highest BCUT2D eigenvalue weighted by atomic mass is 15.4. The summed E-state index contributed by atoms with van der Waals surface area (Å²) >= 11 is 0. The molecular weight excluding hydrogens is 402 g/mol.